The van der Waals surface area contributed by atoms with Gasteiger partial charge < -0.3 is 24.8 Å². The molecule has 0 heterocycles. The second kappa shape index (κ2) is 10.9. The van der Waals surface area contributed by atoms with Crippen molar-refractivity contribution in [2.45, 2.75) is 32.1 Å². The topological polar surface area (TPSA) is 88.1 Å². The molecule has 2 unspecified atom stereocenters. The molecule has 0 saturated heterocycles. The summed E-state index contributed by atoms with van der Waals surface area (Å²) in [6.07, 6.45) is 3.66. The first-order chi connectivity index (χ1) is 13.4. The van der Waals surface area contributed by atoms with Gasteiger partial charge in [0.05, 0.1) is 18.9 Å². The third kappa shape index (κ3) is 6.41. The van der Waals surface area contributed by atoms with E-state index in [0.29, 0.717) is 43.9 Å². The Morgan fingerprint density at radius 3 is 2.54 bits per heavy atom. The zero-order chi connectivity index (χ0) is 20.5. The summed E-state index contributed by atoms with van der Waals surface area (Å²) < 4.78 is 11.2. The van der Waals surface area contributed by atoms with E-state index in [4.69, 9.17) is 9.47 Å². The van der Waals surface area contributed by atoms with Crippen LogP contribution in [0.1, 0.15) is 31.2 Å². The number of hydrogen-bond donors (Lipinski definition) is 2. The fourth-order valence-electron chi connectivity index (χ4n) is 3.53. The second-order valence-electron chi connectivity index (χ2n) is 7.51. The smallest absolute Gasteiger partial charge is 0.307 e. The lowest BCUT2D eigenvalue weighted by Gasteiger charge is -2.27. The molecule has 1 fully saturated rings. The quantitative estimate of drug-likeness (QED) is 0.635. The maximum Gasteiger partial charge on any atom is 0.307 e. The average molecular weight is 392 g/mol. The number of carbonyl (C=O) groups is 2. The van der Waals surface area contributed by atoms with Crippen LogP contribution in [0.5, 0.6) is 11.5 Å². The number of ether oxygens (including phenoxy) is 2. The third-order valence-corrected chi connectivity index (χ3v) is 5.16. The van der Waals surface area contributed by atoms with Gasteiger partial charge in [0.25, 0.3) is 0 Å². The summed E-state index contributed by atoms with van der Waals surface area (Å²) in [5, 5.41) is 12.2. The van der Waals surface area contributed by atoms with Crippen molar-refractivity contribution in [2.75, 3.05) is 40.9 Å². The number of rotatable bonds is 10. The molecule has 0 spiro atoms. The molecule has 1 saturated carbocycles. The average Bonchev–Trinajstić information content (AvgIpc) is 2.67. The molecule has 1 amide bonds. The van der Waals surface area contributed by atoms with Crippen molar-refractivity contribution in [1.29, 1.82) is 0 Å². The second-order valence-corrected chi connectivity index (χ2v) is 7.51. The molecule has 0 aliphatic heterocycles. The Hall–Kier alpha value is -2.28. The molecule has 0 aromatic heterocycles. The van der Waals surface area contributed by atoms with Crippen LogP contribution in [0.15, 0.2) is 18.2 Å². The van der Waals surface area contributed by atoms with E-state index in [-0.39, 0.29) is 5.91 Å². The van der Waals surface area contributed by atoms with E-state index in [0.717, 1.165) is 24.9 Å². The number of benzene rings is 1. The number of carbonyl (C=O) groups excluding carboxylic acids is 1. The van der Waals surface area contributed by atoms with Gasteiger partial charge >= 0.3 is 5.97 Å². The highest BCUT2D eigenvalue weighted by atomic mass is 16.5. The molecule has 1 aromatic carbocycles. The summed E-state index contributed by atoms with van der Waals surface area (Å²) in [6, 6.07) is 5.75. The monoisotopic (exact) mass is 392 g/mol. The molecule has 1 aromatic rings. The van der Waals surface area contributed by atoms with Gasteiger partial charge in [-0.15, -0.1) is 0 Å². The lowest BCUT2D eigenvalue weighted by Crippen LogP contribution is -2.40. The van der Waals surface area contributed by atoms with Crippen LogP contribution in [0.25, 0.3) is 0 Å². The largest absolute Gasteiger partial charge is 0.493 e. The molecular formula is C21H32N2O5. The van der Waals surface area contributed by atoms with E-state index in [1.807, 2.05) is 37.2 Å². The predicted octanol–water partition coefficient (Wildman–Crippen LogP) is 2.19. The molecule has 2 rings (SSSR count). The van der Waals surface area contributed by atoms with Gasteiger partial charge in [-0.3, -0.25) is 9.59 Å². The molecule has 2 N–H and O–H groups in total. The number of aliphatic carboxylic acids is 1. The molecular weight excluding hydrogens is 360 g/mol. The van der Waals surface area contributed by atoms with Crippen molar-refractivity contribution in [3.63, 3.8) is 0 Å². The molecule has 0 bridgehead atoms. The maximum atomic E-state index is 12.5. The SMILES string of the molecule is COc1ccc(CCNC(=O)C2CCCCC2C(=O)O)cc1OCCN(C)C. The van der Waals surface area contributed by atoms with E-state index < -0.39 is 17.8 Å². The number of methoxy groups -OCH3 is 1. The highest BCUT2D eigenvalue weighted by Crippen LogP contribution is 2.31. The highest BCUT2D eigenvalue weighted by molar-refractivity contribution is 5.84. The fourth-order valence-corrected chi connectivity index (χ4v) is 3.53. The van der Waals surface area contributed by atoms with Crippen molar-refractivity contribution < 1.29 is 24.2 Å². The standard InChI is InChI=1S/C21H32N2O5/c1-23(2)12-13-28-19-14-15(8-9-18(19)27-3)10-11-22-20(24)16-6-4-5-7-17(16)21(25)26/h8-9,14,16-17H,4-7,10-13H2,1-3H3,(H,22,24)(H,25,26). The summed E-state index contributed by atoms with van der Waals surface area (Å²) in [4.78, 5) is 25.9. The Bertz CT molecular complexity index is 662. The first kappa shape index (κ1) is 22.0. The Morgan fingerprint density at radius 1 is 1.18 bits per heavy atom. The van der Waals surface area contributed by atoms with Crippen LogP contribution >= 0.6 is 0 Å². The summed E-state index contributed by atoms with van der Waals surface area (Å²) in [5.74, 6) is -0.638. The van der Waals surface area contributed by atoms with Gasteiger partial charge in [-0.1, -0.05) is 18.9 Å². The molecule has 2 atom stereocenters. The normalized spacial score (nSPS) is 19.3. The van der Waals surface area contributed by atoms with Crippen LogP contribution in [0.3, 0.4) is 0 Å². The zero-order valence-corrected chi connectivity index (χ0v) is 17.1. The van der Waals surface area contributed by atoms with Gasteiger partial charge in [0.15, 0.2) is 11.5 Å². The lowest BCUT2D eigenvalue weighted by atomic mass is 9.78. The van der Waals surface area contributed by atoms with Gasteiger partial charge in [-0.25, -0.2) is 0 Å². The van der Waals surface area contributed by atoms with Crippen molar-refractivity contribution >= 4 is 11.9 Å². The van der Waals surface area contributed by atoms with E-state index in [1.165, 1.54) is 0 Å². The number of hydrogen-bond acceptors (Lipinski definition) is 5. The minimum Gasteiger partial charge on any atom is -0.493 e. The number of nitrogens with zero attached hydrogens (tertiary/aromatic N) is 1. The number of likely N-dealkylation sites (N-methyl/N-ethyl adjacent to an activating group) is 1. The Labute approximate surface area is 167 Å². The van der Waals surface area contributed by atoms with Crippen LogP contribution in [-0.4, -0.2) is 62.8 Å². The minimum absolute atomic E-state index is 0.150. The van der Waals surface area contributed by atoms with Crippen LogP contribution in [0, 0.1) is 11.8 Å². The van der Waals surface area contributed by atoms with Crippen molar-refractivity contribution in [1.82, 2.24) is 10.2 Å². The van der Waals surface area contributed by atoms with Gasteiger partial charge in [0.1, 0.15) is 6.61 Å². The van der Waals surface area contributed by atoms with Crippen LogP contribution in [0.4, 0.5) is 0 Å². The van der Waals surface area contributed by atoms with Gasteiger partial charge in [0, 0.05) is 13.1 Å². The Balaban J connectivity index is 1.89. The van der Waals surface area contributed by atoms with Crippen molar-refractivity contribution in [3.8, 4) is 11.5 Å². The summed E-state index contributed by atoms with van der Waals surface area (Å²) >= 11 is 0. The van der Waals surface area contributed by atoms with E-state index >= 15 is 0 Å². The van der Waals surface area contributed by atoms with Gasteiger partial charge in [0.2, 0.25) is 5.91 Å². The predicted molar refractivity (Wildman–Crippen MR) is 107 cm³/mol. The molecule has 0 radical (unpaired) electrons. The van der Waals surface area contributed by atoms with Crippen LogP contribution in [-0.2, 0) is 16.0 Å². The summed E-state index contributed by atoms with van der Waals surface area (Å²) in [7, 11) is 5.58. The highest BCUT2D eigenvalue weighted by Gasteiger charge is 2.35. The summed E-state index contributed by atoms with van der Waals surface area (Å²) in [6.45, 7) is 1.82. The minimum atomic E-state index is -0.866. The van der Waals surface area contributed by atoms with E-state index in [1.54, 1.807) is 7.11 Å². The van der Waals surface area contributed by atoms with Crippen molar-refractivity contribution in [2.24, 2.45) is 11.8 Å². The Morgan fingerprint density at radius 2 is 1.89 bits per heavy atom. The van der Waals surface area contributed by atoms with Gasteiger partial charge in [-0.2, -0.15) is 0 Å². The molecule has 1 aliphatic carbocycles. The number of nitrogens with one attached hydrogen (secondary N) is 1. The molecule has 7 heteroatoms. The number of carboxylic acids is 1. The molecule has 1 aliphatic rings. The number of amides is 1. The zero-order valence-electron chi connectivity index (χ0n) is 17.1. The molecule has 7 nitrogen and oxygen atoms in total. The van der Waals surface area contributed by atoms with Crippen LogP contribution < -0.4 is 14.8 Å². The van der Waals surface area contributed by atoms with Crippen molar-refractivity contribution in [3.05, 3.63) is 23.8 Å². The van der Waals surface area contributed by atoms with E-state index in [2.05, 4.69) is 5.32 Å². The lowest BCUT2D eigenvalue weighted by molar-refractivity contribution is -0.148. The Kier molecular flexibility index (Phi) is 8.57. The first-order valence-corrected chi connectivity index (χ1v) is 9.87. The maximum absolute atomic E-state index is 12.5. The van der Waals surface area contributed by atoms with Gasteiger partial charge in [-0.05, 0) is 51.1 Å². The van der Waals surface area contributed by atoms with E-state index in [9.17, 15) is 14.7 Å². The fraction of sp³-hybridized carbons (Fsp3) is 0.619. The molecule has 156 valence electrons. The third-order valence-electron chi connectivity index (χ3n) is 5.16. The first-order valence-electron chi connectivity index (χ1n) is 9.87. The summed E-state index contributed by atoms with van der Waals surface area (Å²) in [5.41, 5.74) is 1.03. The number of carboxylic acid groups (broad SMARTS) is 1. The molecule has 28 heavy (non-hydrogen) atoms. The van der Waals surface area contributed by atoms with Crippen LogP contribution in [0.2, 0.25) is 0 Å².